The van der Waals surface area contributed by atoms with Crippen molar-refractivity contribution in [2.75, 3.05) is 18.8 Å². The summed E-state index contributed by atoms with van der Waals surface area (Å²) < 4.78 is 17.2. The molecule has 1 unspecified atom stereocenters. The van der Waals surface area contributed by atoms with Gasteiger partial charge in [-0.3, -0.25) is 24.2 Å². The van der Waals surface area contributed by atoms with Crippen molar-refractivity contribution in [3.05, 3.63) is 75.6 Å². The maximum Gasteiger partial charge on any atom is 0.293 e. The molecule has 6 heterocycles. The van der Waals surface area contributed by atoms with Crippen LogP contribution in [0.5, 0.6) is 0 Å². The molecule has 40 heavy (non-hydrogen) atoms. The SMILES string of the molecule is Cc1nc(C(=O)N2CCC(n3c(=O)ccc4c(N)n5ncc(C6=CC7CC(F)=CC=C7N=C6)c5nc43)CC2)n[nH]1. The lowest BCUT2D eigenvalue weighted by atomic mass is 9.90. The highest BCUT2D eigenvalue weighted by molar-refractivity contribution is 6.13. The fraction of sp³-hybridized carbons (Fsp3) is 0.296. The molecule has 1 amide bonds. The van der Waals surface area contributed by atoms with E-state index in [-0.39, 0.29) is 41.5 Å². The van der Waals surface area contributed by atoms with Crippen LogP contribution in [0.1, 0.15) is 47.3 Å². The molecule has 7 rings (SSSR count). The fourth-order valence-electron chi connectivity index (χ4n) is 5.69. The second kappa shape index (κ2) is 9.07. The van der Waals surface area contributed by atoms with Crippen LogP contribution in [0.2, 0.25) is 0 Å². The van der Waals surface area contributed by atoms with E-state index in [0.717, 1.165) is 11.3 Å². The third-order valence-corrected chi connectivity index (χ3v) is 7.74. The van der Waals surface area contributed by atoms with Gasteiger partial charge < -0.3 is 10.6 Å². The van der Waals surface area contributed by atoms with Gasteiger partial charge in [-0.2, -0.15) is 9.61 Å². The van der Waals surface area contributed by atoms with Crippen LogP contribution in [0.4, 0.5) is 10.2 Å². The number of nitrogens with two attached hydrogens (primary N) is 1. The van der Waals surface area contributed by atoms with Crippen molar-refractivity contribution in [3.8, 4) is 0 Å². The summed E-state index contributed by atoms with van der Waals surface area (Å²) in [4.78, 5) is 41.3. The maximum atomic E-state index is 13.9. The number of nitrogens with zero attached hydrogens (tertiary/aromatic N) is 8. The first kappa shape index (κ1) is 24.1. The molecule has 1 atom stereocenters. The Balaban J connectivity index is 1.25. The van der Waals surface area contributed by atoms with E-state index < -0.39 is 0 Å². The molecule has 12 nitrogen and oxygen atoms in total. The Morgan fingerprint density at radius 2 is 1.98 bits per heavy atom. The molecule has 4 aromatic heterocycles. The topological polar surface area (TPSA) is 152 Å². The Kier molecular flexibility index (Phi) is 5.47. The van der Waals surface area contributed by atoms with Crippen LogP contribution >= 0.6 is 0 Å². The van der Waals surface area contributed by atoms with Crippen molar-refractivity contribution < 1.29 is 9.18 Å². The Hall–Kier alpha value is -4.94. The molecule has 13 heteroatoms. The van der Waals surface area contributed by atoms with Crippen LogP contribution in [-0.2, 0) is 0 Å². The van der Waals surface area contributed by atoms with Crippen molar-refractivity contribution in [1.82, 2.24) is 39.2 Å². The van der Waals surface area contributed by atoms with E-state index in [9.17, 15) is 14.0 Å². The number of H-pyrrole nitrogens is 1. The Morgan fingerprint density at radius 1 is 1.15 bits per heavy atom. The largest absolute Gasteiger partial charge is 0.383 e. The second-order valence-corrected chi connectivity index (χ2v) is 10.2. The molecule has 0 bridgehead atoms. The number of rotatable bonds is 3. The number of carbonyl (C=O) groups is 1. The van der Waals surface area contributed by atoms with Crippen LogP contribution in [0.3, 0.4) is 0 Å². The Morgan fingerprint density at radius 3 is 2.75 bits per heavy atom. The summed E-state index contributed by atoms with van der Waals surface area (Å²) in [6, 6.07) is 2.96. The number of aromatic nitrogens is 7. The number of dihydropyridines is 1. The molecule has 1 fully saturated rings. The average molecular weight is 541 g/mol. The van der Waals surface area contributed by atoms with E-state index in [1.54, 1.807) is 45.5 Å². The highest BCUT2D eigenvalue weighted by atomic mass is 19.1. The number of aromatic amines is 1. The summed E-state index contributed by atoms with van der Waals surface area (Å²) in [7, 11) is 0. The minimum atomic E-state index is -0.241. The van der Waals surface area contributed by atoms with E-state index in [1.165, 1.54) is 12.1 Å². The number of amides is 1. The number of nitrogens with one attached hydrogen (secondary N) is 1. The zero-order valence-corrected chi connectivity index (χ0v) is 21.6. The van der Waals surface area contributed by atoms with Gasteiger partial charge in [-0.25, -0.2) is 14.4 Å². The van der Waals surface area contributed by atoms with E-state index in [2.05, 4.69) is 25.3 Å². The number of nitrogen functional groups attached to an aromatic ring is 1. The molecular formula is C27H25FN10O2. The first-order valence-corrected chi connectivity index (χ1v) is 13.1. The van der Waals surface area contributed by atoms with Crippen molar-refractivity contribution in [2.45, 2.75) is 32.2 Å². The molecular weight excluding hydrogens is 515 g/mol. The predicted octanol–water partition coefficient (Wildman–Crippen LogP) is 2.76. The molecule has 0 aromatic carbocycles. The highest BCUT2D eigenvalue weighted by Gasteiger charge is 2.29. The third-order valence-electron chi connectivity index (χ3n) is 7.74. The van der Waals surface area contributed by atoms with E-state index in [0.29, 0.717) is 59.8 Å². The molecule has 1 saturated heterocycles. The lowest BCUT2D eigenvalue weighted by Crippen LogP contribution is -2.41. The van der Waals surface area contributed by atoms with Crippen molar-refractivity contribution in [2.24, 2.45) is 10.9 Å². The number of anilines is 1. The van der Waals surface area contributed by atoms with Gasteiger partial charge in [0.2, 0.25) is 5.82 Å². The second-order valence-electron chi connectivity index (χ2n) is 10.2. The minimum absolute atomic E-state index is 0.138. The monoisotopic (exact) mass is 540 g/mol. The minimum Gasteiger partial charge on any atom is -0.383 e. The highest BCUT2D eigenvalue weighted by Crippen LogP contribution is 2.35. The lowest BCUT2D eigenvalue weighted by molar-refractivity contribution is 0.0683. The van der Waals surface area contributed by atoms with Crippen LogP contribution in [0, 0.1) is 12.8 Å². The van der Waals surface area contributed by atoms with Crippen molar-refractivity contribution in [1.29, 1.82) is 0 Å². The van der Waals surface area contributed by atoms with Crippen molar-refractivity contribution in [3.63, 3.8) is 0 Å². The number of fused-ring (bicyclic) bond motifs is 3. The summed E-state index contributed by atoms with van der Waals surface area (Å²) in [5.41, 5.74) is 9.55. The standard InChI is InChI=1S/C27H25FN10O2/c1-14-32-24(35-34-14)27(40)36-8-6-18(7-9-36)37-22(39)5-3-19-23(29)38-26(33-25(19)37)20(13-31-38)16-10-15-11-17(28)2-4-21(15)30-12-16/h2-5,10,12-13,15,18H,6-9,11,29H2,1H3,(H,32,34,35). The van der Waals surface area contributed by atoms with Gasteiger partial charge in [0, 0.05) is 60.6 Å². The maximum absolute atomic E-state index is 13.9. The molecule has 0 saturated carbocycles. The van der Waals surface area contributed by atoms with Gasteiger partial charge in [0.1, 0.15) is 23.1 Å². The van der Waals surface area contributed by atoms with Crippen molar-refractivity contribution >= 4 is 40.2 Å². The molecule has 4 aromatic rings. The first-order chi connectivity index (χ1) is 19.4. The Bertz CT molecular complexity index is 1880. The van der Waals surface area contributed by atoms with Gasteiger partial charge in [0.05, 0.1) is 11.6 Å². The smallest absolute Gasteiger partial charge is 0.293 e. The summed E-state index contributed by atoms with van der Waals surface area (Å²) >= 11 is 0. The molecule has 0 spiro atoms. The normalized spacial score (nSPS) is 19.5. The van der Waals surface area contributed by atoms with Gasteiger partial charge in [-0.15, -0.1) is 5.10 Å². The number of allylic oxidation sites excluding steroid dienone is 5. The van der Waals surface area contributed by atoms with Gasteiger partial charge in [-0.05, 0) is 38.0 Å². The number of pyridine rings is 1. The van der Waals surface area contributed by atoms with Crippen LogP contribution in [0.25, 0.3) is 22.3 Å². The number of aryl methyl sites for hydroxylation is 1. The van der Waals surface area contributed by atoms with Crippen LogP contribution in [-0.4, -0.2) is 64.5 Å². The van der Waals surface area contributed by atoms with Crippen LogP contribution < -0.4 is 11.3 Å². The number of halogens is 1. The third kappa shape index (κ3) is 3.84. The predicted molar refractivity (Wildman–Crippen MR) is 146 cm³/mol. The van der Waals surface area contributed by atoms with Gasteiger partial charge in [0.15, 0.2) is 5.65 Å². The fourth-order valence-corrected chi connectivity index (χ4v) is 5.69. The number of hydrogen-bond acceptors (Lipinski definition) is 8. The molecule has 0 radical (unpaired) electrons. The number of aliphatic imine (C=N–C) groups is 1. The average Bonchev–Trinajstić information content (AvgIpc) is 3.59. The van der Waals surface area contributed by atoms with Gasteiger partial charge in [-0.1, -0.05) is 6.08 Å². The van der Waals surface area contributed by atoms with E-state index >= 15 is 0 Å². The van der Waals surface area contributed by atoms with Crippen LogP contribution in [0.15, 0.2) is 57.9 Å². The molecule has 3 aliphatic rings. The molecule has 202 valence electrons. The zero-order valence-electron chi connectivity index (χ0n) is 21.6. The van der Waals surface area contributed by atoms with Gasteiger partial charge >= 0.3 is 0 Å². The van der Waals surface area contributed by atoms with E-state index in [4.69, 9.17) is 10.7 Å². The van der Waals surface area contributed by atoms with Gasteiger partial charge in [0.25, 0.3) is 11.5 Å². The summed E-state index contributed by atoms with van der Waals surface area (Å²) in [5, 5.41) is 11.7. The summed E-state index contributed by atoms with van der Waals surface area (Å²) in [6.07, 6.45) is 9.85. The number of carbonyl (C=O) groups excluding carboxylic acids is 1. The lowest BCUT2D eigenvalue weighted by Gasteiger charge is -2.32. The molecule has 1 aliphatic carbocycles. The summed E-state index contributed by atoms with van der Waals surface area (Å²) in [5.74, 6) is 0.456. The number of hydrogen-bond donors (Lipinski definition) is 2. The zero-order chi connectivity index (χ0) is 27.5. The first-order valence-electron chi connectivity index (χ1n) is 13.1. The summed E-state index contributed by atoms with van der Waals surface area (Å²) in [6.45, 7) is 2.63. The Labute approximate surface area is 226 Å². The number of piperidine rings is 1. The van der Waals surface area contributed by atoms with E-state index in [1.807, 2.05) is 6.08 Å². The quantitative estimate of drug-likeness (QED) is 0.405. The number of likely N-dealkylation sites (tertiary alicyclic amines) is 1. The molecule has 2 aliphatic heterocycles. The molecule has 3 N–H and O–H groups in total.